The van der Waals surface area contributed by atoms with Gasteiger partial charge in [0, 0.05) is 49.7 Å². The first-order chi connectivity index (χ1) is 11.6. The molecule has 1 saturated heterocycles. The van der Waals surface area contributed by atoms with Crippen LogP contribution in [0.1, 0.15) is 5.69 Å². The van der Waals surface area contributed by atoms with Crippen LogP contribution < -0.4 is 9.80 Å². The minimum atomic E-state index is -0.427. The van der Waals surface area contributed by atoms with Crippen LogP contribution in [0.3, 0.4) is 0 Å². The quantitative estimate of drug-likeness (QED) is 0.621. The van der Waals surface area contributed by atoms with Crippen molar-refractivity contribution in [1.29, 1.82) is 5.26 Å². The summed E-state index contributed by atoms with van der Waals surface area (Å²) in [5.41, 5.74) is 0.820. The van der Waals surface area contributed by atoms with Gasteiger partial charge in [0.15, 0.2) is 11.5 Å². The van der Waals surface area contributed by atoms with Crippen molar-refractivity contribution in [3.8, 4) is 6.07 Å². The maximum Gasteiger partial charge on any atom is 0.294 e. The third-order valence-corrected chi connectivity index (χ3v) is 4.07. The number of nitrogens with zero attached hydrogens (tertiary/aromatic N) is 6. The van der Waals surface area contributed by atoms with Crippen LogP contribution in [-0.4, -0.2) is 41.1 Å². The third-order valence-electron chi connectivity index (χ3n) is 3.84. The zero-order chi connectivity index (χ0) is 17.1. The summed E-state index contributed by atoms with van der Waals surface area (Å²) in [4.78, 5) is 23.0. The van der Waals surface area contributed by atoms with Gasteiger partial charge < -0.3 is 9.80 Å². The van der Waals surface area contributed by atoms with Gasteiger partial charge in [-0.2, -0.15) is 5.26 Å². The number of nitro benzene ring substituents is 1. The lowest BCUT2D eigenvalue weighted by Crippen LogP contribution is -2.47. The molecule has 0 bridgehead atoms. The van der Waals surface area contributed by atoms with Crippen LogP contribution in [0.15, 0.2) is 30.6 Å². The van der Waals surface area contributed by atoms with Crippen LogP contribution in [0.2, 0.25) is 5.02 Å². The van der Waals surface area contributed by atoms with Crippen molar-refractivity contribution in [3.63, 3.8) is 0 Å². The highest BCUT2D eigenvalue weighted by atomic mass is 35.5. The number of benzene rings is 1. The minimum Gasteiger partial charge on any atom is -0.362 e. The molecule has 0 spiro atoms. The van der Waals surface area contributed by atoms with Crippen LogP contribution in [0, 0.1) is 21.4 Å². The highest BCUT2D eigenvalue weighted by Gasteiger charge is 2.25. The van der Waals surface area contributed by atoms with Crippen LogP contribution in [0.25, 0.3) is 0 Å². The van der Waals surface area contributed by atoms with Gasteiger partial charge in [0.25, 0.3) is 5.69 Å². The van der Waals surface area contributed by atoms with E-state index in [4.69, 9.17) is 16.9 Å². The van der Waals surface area contributed by atoms with Gasteiger partial charge in [-0.05, 0) is 12.1 Å². The Morgan fingerprint density at radius 2 is 1.83 bits per heavy atom. The Morgan fingerprint density at radius 3 is 2.50 bits per heavy atom. The van der Waals surface area contributed by atoms with Gasteiger partial charge in [0.1, 0.15) is 11.8 Å². The van der Waals surface area contributed by atoms with Crippen molar-refractivity contribution in [3.05, 3.63) is 51.4 Å². The fourth-order valence-corrected chi connectivity index (χ4v) is 2.88. The standard InChI is InChI=1S/C15H13ClN6O2/c16-11-1-2-13(14(9-11)22(23)24)20-5-7-21(8-6-20)15-12(10-17)18-3-4-19-15/h1-4,9H,5-8H2. The van der Waals surface area contributed by atoms with Crippen LogP contribution >= 0.6 is 11.6 Å². The van der Waals surface area contributed by atoms with Crippen LogP contribution in [0.5, 0.6) is 0 Å². The Balaban J connectivity index is 1.79. The molecule has 0 atom stereocenters. The smallest absolute Gasteiger partial charge is 0.294 e. The first-order valence-electron chi connectivity index (χ1n) is 7.25. The van der Waals surface area contributed by atoms with Crippen LogP contribution in [0.4, 0.5) is 17.2 Å². The number of aromatic nitrogens is 2. The van der Waals surface area contributed by atoms with Crippen molar-refractivity contribution < 1.29 is 4.92 Å². The highest BCUT2D eigenvalue weighted by Crippen LogP contribution is 2.32. The number of piperazine rings is 1. The topological polar surface area (TPSA) is 99.2 Å². The molecule has 0 unspecified atom stereocenters. The molecule has 8 nitrogen and oxygen atoms in total. The van der Waals surface area contributed by atoms with E-state index in [1.165, 1.54) is 12.3 Å². The first kappa shape index (κ1) is 16.0. The number of hydrogen-bond donors (Lipinski definition) is 0. The number of halogens is 1. The summed E-state index contributed by atoms with van der Waals surface area (Å²) < 4.78 is 0. The predicted octanol–water partition coefficient (Wildman–Crippen LogP) is 2.24. The molecule has 0 N–H and O–H groups in total. The largest absolute Gasteiger partial charge is 0.362 e. The van der Waals surface area contributed by atoms with E-state index in [2.05, 4.69) is 9.97 Å². The van der Waals surface area contributed by atoms with E-state index in [1.54, 1.807) is 18.3 Å². The molecule has 0 radical (unpaired) electrons. The number of nitro groups is 1. The number of anilines is 2. The number of nitriles is 1. The first-order valence-corrected chi connectivity index (χ1v) is 7.63. The molecule has 1 aromatic heterocycles. The van der Waals surface area contributed by atoms with Gasteiger partial charge in [-0.1, -0.05) is 11.6 Å². The minimum absolute atomic E-state index is 0.00633. The maximum atomic E-state index is 11.2. The monoisotopic (exact) mass is 344 g/mol. The van der Waals surface area contributed by atoms with Crippen molar-refractivity contribution in [2.75, 3.05) is 36.0 Å². The van der Waals surface area contributed by atoms with E-state index in [-0.39, 0.29) is 11.4 Å². The predicted molar refractivity (Wildman–Crippen MR) is 89.3 cm³/mol. The molecule has 24 heavy (non-hydrogen) atoms. The Hall–Kier alpha value is -2.92. The molecule has 1 aromatic carbocycles. The van der Waals surface area contributed by atoms with E-state index >= 15 is 0 Å². The van der Waals surface area contributed by atoms with Crippen molar-refractivity contribution in [1.82, 2.24) is 9.97 Å². The van der Waals surface area contributed by atoms with E-state index in [0.29, 0.717) is 42.7 Å². The lowest BCUT2D eigenvalue weighted by Gasteiger charge is -2.36. The molecule has 1 fully saturated rings. The van der Waals surface area contributed by atoms with Gasteiger partial charge >= 0.3 is 0 Å². The molecule has 2 aromatic rings. The maximum absolute atomic E-state index is 11.2. The normalized spacial score (nSPS) is 14.3. The molecular formula is C15H13ClN6O2. The van der Waals surface area contributed by atoms with Gasteiger partial charge in [0.05, 0.1) is 4.92 Å². The fraction of sp³-hybridized carbons (Fsp3) is 0.267. The van der Waals surface area contributed by atoms with Gasteiger partial charge in [-0.3, -0.25) is 10.1 Å². The molecule has 2 heterocycles. The fourth-order valence-electron chi connectivity index (χ4n) is 2.71. The van der Waals surface area contributed by atoms with Gasteiger partial charge in [-0.25, -0.2) is 9.97 Å². The molecule has 1 aliphatic rings. The summed E-state index contributed by atoms with van der Waals surface area (Å²) in [5.74, 6) is 0.547. The van der Waals surface area contributed by atoms with Crippen molar-refractivity contribution >= 4 is 28.8 Å². The van der Waals surface area contributed by atoms with Crippen molar-refractivity contribution in [2.45, 2.75) is 0 Å². The summed E-state index contributed by atoms with van der Waals surface area (Å²) >= 11 is 5.86. The zero-order valence-electron chi connectivity index (χ0n) is 12.6. The average Bonchev–Trinajstić information content (AvgIpc) is 2.62. The molecule has 9 heteroatoms. The van der Waals surface area contributed by atoms with E-state index in [0.717, 1.165) is 0 Å². The lowest BCUT2D eigenvalue weighted by molar-refractivity contribution is -0.384. The Labute approximate surface area is 143 Å². The summed E-state index contributed by atoms with van der Waals surface area (Å²) in [6, 6.07) is 6.71. The molecule has 3 rings (SSSR count). The zero-order valence-corrected chi connectivity index (χ0v) is 13.3. The SMILES string of the molecule is N#Cc1nccnc1N1CCN(c2ccc(Cl)cc2[N+](=O)[O-])CC1. The van der Waals surface area contributed by atoms with Crippen LogP contribution in [-0.2, 0) is 0 Å². The molecular weight excluding hydrogens is 332 g/mol. The summed E-state index contributed by atoms with van der Waals surface area (Å²) in [6.07, 6.45) is 3.03. The van der Waals surface area contributed by atoms with E-state index in [1.807, 2.05) is 15.9 Å². The number of rotatable bonds is 3. The summed E-state index contributed by atoms with van der Waals surface area (Å²) in [5, 5.41) is 20.7. The van der Waals surface area contributed by atoms with E-state index < -0.39 is 4.92 Å². The second-order valence-corrected chi connectivity index (χ2v) is 5.64. The molecule has 0 amide bonds. The summed E-state index contributed by atoms with van der Waals surface area (Å²) in [6.45, 7) is 2.33. The number of hydrogen-bond acceptors (Lipinski definition) is 7. The van der Waals surface area contributed by atoms with Crippen molar-refractivity contribution in [2.24, 2.45) is 0 Å². The second kappa shape index (κ2) is 6.68. The highest BCUT2D eigenvalue weighted by molar-refractivity contribution is 6.30. The van der Waals surface area contributed by atoms with Gasteiger partial charge in [-0.15, -0.1) is 0 Å². The molecule has 0 saturated carbocycles. The average molecular weight is 345 g/mol. The summed E-state index contributed by atoms with van der Waals surface area (Å²) in [7, 11) is 0. The Morgan fingerprint density at radius 1 is 1.17 bits per heavy atom. The lowest BCUT2D eigenvalue weighted by atomic mass is 10.2. The molecule has 122 valence electrons. The Kier molecular flexibility index (Phi) is 4.44. The van der Waals surface area contributed by atoms with Gasteiger partial charge in [0.2, 0.25) is 0 Å². The molecule has 0 aliphatic carbocycles. The Bertz CT molecular complexity index is 814. The van der Waals surface area contributed by atoms with E-state index in [9.17, 15) is 10.1 Å². The third kappa shape index (κ3) is 3.07. The second-order valence-electron chi connectivity index (χ2n) is 5.20. The molecule has 1 aliphatic heterocycles.